The quantitative estimate of drug-likeness (QED) is 0.872. The lowest BCUT2D eigenvalue weighted by molar-refractivity contribution is 0.0936. The fourth-order valence-corrected chi connectivity index (χ4v) is 4.35. The minimum Gasteiger partial charge on any atom is -0.322 e. The van der Waals surface area contributed by atoms with E-state index in [1.54, 1.807) is 0 Å². The van der Waals surface area contributed by atoms with Crippen LogP contribution < -0.4 is 5.32 Å². The summed E-state index contributed by atoms with van der Waals surface area (Å²) >= 11 is 0. The summed E-state index contributed by atoms with van der Waals surface area (Å²) in [4.78, 5) is 17.7. The molecule has 2 aliphatic rings. The van der Waals surface area contributed by atoms with E-state index >= 15 is 0 Å². The number of rotatable bonds is 5. The van der Waals surface area contributed by atoms with Gasteiger partial charge in [0.2, 0.25) is 0 Å². The molecule has 0 bridgehead atoms. The van der Waals surface area contributed by atoms with Gasteiger partial charge in [0.05, 0.1) is 0 Å². The van der Waals surface area contributed by atoms with Crippen LogP contribution in [0.1, 0.15) is 41.6 Å². The van der Waals surface area contributed by atoms with Gasteiger partial charge in [-0.1, -0.05) is 43.2 Å². The first-order valence-corrected chi connectivity index (χ1v) is 10.2. The van der Waals surface area contributed by atoms with Gasteiger partial charge in [0.1, 0.15) is 0 Å². The van der Waals surface area contributed by atoms with E-state index in [2.05, 4.69) is 21.2 Å². The molecule has 0 unspecified atom stereocenters. The molecule has 4 rings (SSSR count). The van der Waals surface area contributed by atoms with Crippen LogP contribution in [0.3, 0.4) is 0 Å². The second-order valence-corrected chi connectivity index (χ2v) is 7.77. The van der Waals surface area contributed by atoms with Crippen LogP contribution in [0.2, 0.25) is 0 Å². The summed E-state index contributed by atoms with van der Waals surface area (Å²) in [5.74, 6) is -0.0471. The second-order valence-electron chi connectivity index (χ2n) is 7.77. The van der Waals surface area contributed by atoms with E-state index in [0.29, 0.717) is 0 Å². The third-order valence-electron chi connectivity index (χ3n) is 5.87. The van der Waals surface area contributed by atoms with E-state index in [-0.39, 0.29) is 5.91 Å². The molecule has 1 N–H and O–H groups in total. The van der Waals surface area contributed by atoms with Crippen molar-refractivity contribution in [3.63, 3.8) is 0 Å². The van der Waals surface area contributed by atoms with E-state index in [1.807, 2.05) is 48.5 Å². The van der Waals surface area contributed by atoms with Gasteiger partial charge >= 0.3 is 0 Å². The Kier molecular flexibility index (Phi) is 5.85. The molecule has 1 aliphatic heterocycles. The van der Waals surface area contributed by atoms with Gasteiger partial charge in [-0.15, -0.1) is 0 Å². The lowest BCUT2D eigenvalue weighted by Gasteiger charge is -2.38. The van der Waals surface area contributed by atoms with Gasteiger partial charge in [-0.3, -0.25) is 14.6 Å². The summed E-state index contributed by atoms with van der Waals surface area (Å²) in [5.41, 5.74) is 2.77. The van der Waals surface area contributed by atoms with Gasteiger partial charge in [-0.25, -0.2) is 0 Å². The average Bonchev–Trinajstić information content (AvgIpc) is 3.24. The minimum atomic E-state index is -0.0471. The summed E-state index contributed by atoms with van der Waals surface area (Å²) < 4.78 is 0. The van der Waals surface area contributed by atoms with Crippen molar-refractivity contribution in [2.75, 3.05) is 31.5 Å². The zero-order chi connectivity index (χ0) is 18.5. The van der Waals surface area contributed by atoms with Gasteiger partial charge in [0.15, 0.2) is 0 Å². The summed E-state index contributed by atoms with van der Waals surface area (Å²) in [6, 6.07) is 18.5. The average molecular weight is 364 g/mol. The summed E-state index contributed by atoms with van der Waals surface area (Å²) in [7, 11) is 0. The first kappa shape index (κ1) is 18.2. The van der Waals surface area contributed by atoms with Crippen LogP contribution in [-0.2, 0) is 6.54 Å². The van der Waals surface area contributed by atoms with Crippen LogP contribution in [0.15, 0.2) is 54.6 Å². The van der Waals surface area contributed by atoms with Crippen LogP contribution >= 0.6 is 0 Å². The number of nitrogens with zero attached hydrogens (tertiary/aromatic N) is 2. The number of benzene rings is 2. The van der Waals surface area contributed by atoms with Crippen LogP contribution in [0.4, 0.5) is 5.69 Å². The van der Waals surface area contributed by atoms with E-state index in [4.69, 9.17) is 0 Å². The number of nitrogens with one attached hydrogen (secondary N) is 1. The molecule has 0 spiro atoms. The zero-order valence-corrected chi connectivity index (χ0v) is 15.9. The molecule has 0 radical (unpaired) electrons. The van der Waals surface area contributed by atoms with E-state index in [0.717, 1.165) is 36.9 Å². The first-order valence-electron chi connectivity index (χ1n) is 10.2. The molecule has 0 aromatic heterocycles. The Labute approximate surface area is 162 Å². The highest BCUT2D eigenvalue weighted by Gasteiger charge is 2.26. The molecule has 1 saturated heterocycles. The number of hydrogen-bond acceptors (Lipinski definition) is 3. The van der Waals surface area contributed by atoms with E-state index < -0.39 is 0 Å². The van der Waals surface area contributed by atoms with Crippen LogP contribution in [0.5, 0.6) is 0 Å². The van der Waals surface area contributed by atoms with Crippen molar-refractivity contribution in [1.82, 2.24) is 9.80 Å². The minimum absolute atomic E-state index is 0.0471. The molecule has 4 heteroatoms. The molecule has 1 aliphatic carbocycles. The summed E-state index contributed by atoms with van der Waals surface area (Å²) in [6.45, 7) is 5.52. The Balaban J connectivity index is 1.32. The van der Waals surface area contributed by atoms with Crippen molar-refractivity contribution in [2.45, 2.75) is 38.3 Å². The van der Waals surface area contributed by atoms with Crippen molar-refractivity contribution in [1.29, 1.82) is 0 Å². The lowest BCUT2D eigenvalue weighted by Crippen LogP contribution is -2.49. The molecule has 27 heavy (non-hydrogen) atoms. The highest BCUT2D eigenvalue weighted by molar-refractivity contribution is 6.04. The predicted molar refractivity (Wildman–Crippen MR) is 110 cm³/mol. The van der Waals surface area contributed by atoms with Crippen LogP contribution in [-0.4, -0.2) is 47.9 Å². The Hall–Kier alpha value is -2.17. The molecule has 142 valence electrons. The van der Waals surface area contributed by atoms with Crippen molar-refractivity contribution in [3.8, 4) is 0 Å². The number of hydrogen-bond donors (Lipinski definition) is 1. The Morgan fingerprint density at radius 1 is 0.926 bits per heavy atom. The van der Waals surface area contributed by atoms with E-state index in [1.165, 1.54) is 44.3 Å². The monoisotopic (exact) mass is 363 g/mol. The first-order chi connectivity index (χ1) is 13.3. The number of amides is 1. The molecule has 2 aromatic carbocycles. The standard InChI is InChI=1S/C23H29N3O/c27-23(24-21-9-2-1-3-10-21)20-8-6-7-19(17-20)18-25-13-15-26(16-14-25)22-11-4-5-12-22/h1-3,6-10,17,22H,4-5,11-16,18H2,(H,24,27). The van der Waals surface area contributed by atoms with Crippen molar-refractivity contribution < 1.29 is 4.79 Å². The SMILES string of the molecule is O=C(Nc1ccccc1)c1cccc(CN2CCN(C3CCCC3)CC2)c1. The zero-order valence-electron chi connectivity index (χ0n) is 15.9. The van der Waals surface area contributed by atoms with Gasteiger partial charge in [-0.05, 0) is 42.7 Å². The smallest absolute Gasteiger partial charge is 0.255 e. The van der Waals surface area contributed by atoms with Gasteiger partial charge < -0.3 is 5.32 Å². The second kappa shape index (κ2) is 8.68. The fourth-order valence-electron chi connectivity index (χ4n) is 4.35. The summed E-state index contributed by atoms with van der Waals surface area (Å²) in [6.07, 6.45) is 5.59. The molecule has 4 nitrogen and oxygen atoms in total. The van der Waals surface area contributed by atoms with Crippen molar-refractivity contribution >= 4 is 11.6 Å². The third kappa shape index (κ3) is 4.76. The number of carbonyl (C=O) groups is 1. The number of piperazine rings is 1. The molecular weight excluding hydrogens is 334 g/mol. The maximum atomic E-state index is 12.5. The lowest BCUT2D eigenvalue weighted by atomic mass is 10.1. The highest BCUT2D eigenvalue weighted by Crippen LogP contribution is 2.24. The van der Waals surface area contributed by atoms with E-state index in [9.17, 15) is 4.79 Å². The van der Waals surface area contributed by atoms with Crippen molar-refractivity contribution in [3.05, 3.63) is 65.7 Å². The fraction of sp³-hybridized carbons (Fsp3) is 0.435. The molecule has 1 saturated carbocycles. The highest BCUT2D eigenvalue weighted by atomic mass is 16.1. The summed E-state index contributed by atoms with van der Waals surface area (Å²) in [5, 5.41) is 2.97. The molecule has 2 fully saturated rings. The molecule has 1 amide bonds. The third-order valence-corrected chi connectivity index (χ3v) is 5.87. The normalized spacial score (nSPS) is 19.3. The molecule has 1 heterocycles. The largest absolute Gasteiger partial charge is 0.322 e. The Morgan fingerprint density at radius 3 is 2.41 bits per heavy atom. The van der Waals surface area contributed by atoms with Crippen LogP contribution in [0.25, 0.3) is 0 Å². The maximum absolute atomic E-state index is 12.5. The predicted octanol–water partition coefficient (Wildman–Crippen LogP) is 4.00. The van der Waals surface area contributed by atoms with Crippen LogP contribution in [0, 0.1) is 0 Å². The Morgan fingerprint density at radius 2 is 1.67 bits per heavy atom. The van der Waals surface area contributed by atoms with Gasteiger partial charge in [0, 0.05) is 50.0 Å². The molecular formula is C23H29N3O. The molecule has 0 atom stereocenters. The topological polar surface area (TPSA) is 35.6 Å². The number of para-hydroxylation sites is 1. The van der Waals surface area contributed by atoms with Gasteiger partial charge in [0.25, 0.3) is 5.91 Å². The van der Waals surface area contributed by atoms with Gasteiger partial charge in [-0.2, -0.15) is 0 Å². The number of carbonyl (C=O) groups excluding carboxylic acids is 1. The Bertz CT molecular complexity index is 747. The number of anilines is 1. The molecule has 2 aromatic rings. The maximum Gasteiger partial charge on any atom is 0.255 e. The van der Waals surface area contributed by atoms with Crippen molar-refractivity contribution in [2.24, 2.45) is 0 Å².